The van der Waals surface area contributed by atoms with Crippen LogP contribution in [0, 0.1) is 10.1 Å². The second-order valence-electron chi connectivity index (χ2n) is 7.80. The van der Waals surface area contributed by atoms with Crippen LogP contribution in [0.2, 0.25) is 0 Å². The van der Waals surface area contributed by atoms with Crippen LogP contribution in [0.3, 0.4) is 0 Å². The molecule has 0 fully saturated rings. The second-order valence-corrected chi connectivity index (χ2v) is 7.80. The Kier molecular flexibility index (Phi) is 4.03. The summed E-state index contributed by atoms with van der Waals surface area (Å²) in [5, 5.41) is 23.0. The van der Waals surface area contributed by atoms with Crippen molar-refractivity contribution in [3.8, 4) is 11.4 Å². The zero-order chi connectivity index (χ0) is 22.1. The van der Waals surface area contributed by atoms with E-state index in [-0.39, 0.29) is 41.9 Å². The lowest BCUT2D eigenvalue weighted by molar-refractivity contribution is -0.383. The summed E-state index contributed by atoms with van der Waals surface area (Å²) < 4.78 is 6.62. The summed E-state index contributed by atoms with van der Waals surface area (Å²) in [5.74, 6) is -0.776. The molecular formula is C22H19N3O6. The molecule has 1 aromatic carbocycles. The number of aromatic nitrogens is 2. The molecule has 2 aromatic heterocycles. The van der Waals surface area contributed by atoms with E-state index in [4.69, 9.17) is 4.74 Å². The van der Waals surface area contributed by atoms with Crippen LogP contribution >= 0.6 is 0 Å². The number of rotatable bonds is 3. The minimum atomic E-state index is -1.89. The van der Waals surface area contributed by atoms with Crippen molar-refractivity contribution in [2.75, 3.05) is 0 Å². The topological polar surface area (TPSA) is 125 Å². The third-order valence-corrected chi connectivity index (χ3v) is 6.36. The van der Waals surface area contributed by atoms with E-state index in [9.17, 15) is 24.8 Å². The summed E-state index contributed by atoms with van der Waals surface area (Å²) >= 11 is 0. The SMILES string of the molecule is CCc1c2c(nc3cccc([N+](=O)[O-])c13)-c1cc3c(c(=O)n1C2)COC(=O)C3(O)CC. The number of hydrogen-bond donors (Lipinski definition) is 1. The van der Waals surface area contributed by atoms with Crippen molar-refractivity contribution in [1.29, 1.82) is 0 Å². The number of ether oxygens (including phenoxy) is 1. The third-order valence-electron chi connectivity index (χ3n) is 6.36. The minimum Gasteiger partial charge on any atom is -0.458 e. The van der Waals surface area contributed by atoms with Crippen LogP contribution < -0.4 is 5.56 Å². The molecule has 1 atom stereocenters. The number of cyclic esters (lactones) is 1. The summed E-state index contributed by atoms with van der Waals surface area (Å²) in [6.45, 7) is 3.57. The van der Waals surface area contributed by atoms with Crippen LogP contribution in [0.15, 0.2) is 29.1 Å². The summed E-state index contributed by atoms with van der Waals surface area (Å²) in [6, 6.07) is 6.38. The number of aryl methyl sites for hydroxylation is 1. The lowest BCUT2D eigenvalue weighted by Gasteiger charge is -2.31. The maximum atomic E-state index is 13.3. The normalized spacial score (nSPS) is 19.0. The Morgan fingerprint density at radius 3 is 2.74 bits per heavy atom. The highest BCUT2D eigenvalue weighted by Crippen LogP contribution is 2.41. The molecule has 0 radical (unpaired) electrons. The summed E-state index contributed by atoms with van der Waals surface area (Å²) in [6.07, 6.45) is 0.585. The fraction of sp³-hybridized carbons (Fsp3) is 0.318. The smallest absolute Gasteiger partial charge is 0.343 e. The van der Waals surface area contributed by atoms with Gasteiger partial charge in [0.15, 0.2) is 5.60 Å². The first-order valence-electron chi connectivity index (χ1n) is 10.1. The molecule has 2 aliphatic rings. The second kappa shape index (κ2) is 6.45. The lowest BCUT2D eigenvalue weighted by Crippen LogP contribution is -2.44. The van der Waals surface area contributed by atoms with Crippen LogP contribution in [0.5, 0.6) is 0 Å². The van der Waals surface area contributed by atoms with Gasteiger partial charge in [-0.1, -0.05) is 19.9 Å². The first kappa shape index (κ1) is 19.4. The maximum Gasteiger partial charge on any atom is 0.343 e. The first-order chi connectivity index (χ1) is 14.8. The van der Waals surface area contributed by atoms with Gasteiger partial charge in [0.2, 0.25) is 0 Å². The van der Waals surface area contributed by atoms with Gasteiger partial charge >= 0.3 is 5.97 Å². The number of benzene rings is 1. The van der Waals surface area contributed by atoms with E-state index in [1.54, 1.807) is 25.1 Å². The average Bonchev–Trinajstić information content (AvgIpc) is 3.13. The molecule has 158 valence electrons. The number of carbonyl (C=O) groups is 1. The summed E-state index contributed by atoms with van der Waals surface area (Å²) in [5.41, 5.74) is 1.23. The molecule has 9 heteroatoms. The molecular weight excluding hydrogens is 402 g/mol. The Bertz CT molecular complexity index is 1380. The number of carbonyl (C=O) groups excluding carboxylic acids is 1. The van der Waals surface area contributed by atoms with Gasteiger partial charge in [-0.05, 0) is 30.5 Å². The highest BCUT2D eigenvalue weighted by molar-refractivity contribution is 5.95. The Balaban J connectivity index is 1.85. The summed E-state index contributed by atoms with van der Waals surface area (Å²) in [7, 11) is 0. The van der Waals surface area contributed by atoms with E-state index < -0.39 is 16.5 Å². The molecule has 9 nitrogen and oxygen atoms in total. The zero-order valence-electron chi connectivity index (χ0n) is 17.0. The van der Waals surface area contributed by atoms with Crippen molar-refractivity contribution in [2.45, 2.75) is 45.4 Å². The van der Waals surface area contributed by atoms with Gasteiger partial charge in [-0.15, -0.1) is 0 Å². The Hall–Kier alpha value is -3.59. The lowest BCUT2D eigenvalue weighted by atomic mass is 9.86. The summed E-state index contributed by atoms with van der Waals surface area (Å²) in [4.78, 5) is 41.4. The first-order valence-corrected chi connectivity index (χ1v) is 10.1. The standard InChI is InChI=1S/C22H19N3O6/c1-3-11-12-9-24-17(19(12)23-15-6-5-7-16(18(11)15)25(29)30)8-14-13(20(24)26)10-31-21(27)22(14,28)4-2/h5-8,28H,3-4,9-10H2,1-2H3. The van der Waals surface area contributed by atoms with Gasteiger partial charge in [0.05, 0.1) is 39.3 Å². The molecule has 31 heavy (non-hydrogen) atoms. The van der Waals surface area contributed by atoms with Crippen LogP contribution in [0.1, 0.15) is 42.5 Å². The number of aliphatic hydroxyl groups is 1. The van der Waals surface area contributed by atoms with Crippen molar-refractivity contribution in [3.05, 3.63) is 67.0 Å². The predicted octanol–water partition coefficient (Wildman–Crippen LogP) is 2.55. The molecule has 0 amide bonds. The Morgan fingerprint density at radius 2 is 2.06 bits per heavy atom. The molecule has 2 aliphatic heterocycles. The highest BCUT2D eigenvalue weighted by Gasteiger charge is 2.45. The number of nitro groups is 1. The van der Waals surface area contributed by atoms with E-state index in [0.717, 1.165) is 11.1 Å². The van der Waals surface area contributed by atoms with Crippen LogP contribution in [0.25, 0.3) is 22.3 Å². The molecule has 5 rings (SSSR count). The van der Waals surface area contributed by atoms with Crippen molar-refractivity contribution < 1.29 is 19.6 Å². The van der Waals surface area contributed by atoms with Gasteiger partial charge in [0, 0.05) is 17.2 Å². The number of non-ortho nitro benzene ring substituents is 1. The molecule has 0 aliphatic carbocycles. The number of nitrogens with zero attached hydrogens (tertiary/aromatic N) is 3. The molecule has 1 unspecified atom stereocenters. The molecule has 0 spiro atoms. The largest absolute Gasteiger partial charge is 0.458 e. The van der Waals surface area contributed by atoms with E-state index in [2.05, 4.69) is 4.98 Å². The Labute approximate surface area is 176 Å². The minimum absolute atomic E-state index is 0.0217. The molecule has 4 heterocycles. The fourth-order valence-electron chi connectivity index (χ4n) is 4.75. The molecule has 3 aromatic rings. The molecule has 1 N–H and O–H groups in total. The van der Waals surface area contributed by atoms with Gasteiger partial charge in [-0.2, -0.15) is 0 Å². The highest BCUT2D eigenvalue weighted by atomic mass is 16.6. The number of hydrogen-bond acceptors (Lipinski definition) is 7. The monoisotopic (exact) mass is 421 g/mol. The number of nitro benzene ring substituents is 1. The number of fused-ring (bicyclic) bond motifs is 5. The average molecular weight is 421 g/mol. The zero-order valence-corrected chi connectivity index (χ0v) is 17.0. The number of pyridine rings is 2. The van der Waals surface area contributed by atoms with Gasteiger partial charge in [0.25, 0.3) is 11.2 Å². The van der Waals surface area contributed by atoms with E-state index in [0.29, 0.717) is 28.7 Å². The van der Waals surface area contributed by atoms with E-state index in [1.165, 1.54) is 10.6 Å². The van der Waals surface area contributed by atoms with Crippen LogP contribution in [0.4, 0.5) is 5.69 Å². The van der Waals surface area contributed by atoms with Crippen molar-refractivity contribution in [1.82, 2.24) is 9.55 Å². The van der Waals surface area contributed by atoms with Crippen LogP contribution in [-0.2, 0) is 34.7 Å². The molecule has 0 saturated carbocycles. The third kappa shape index (κ3) is 2.43. The maximum absolute atomic E-state index is 13.3. The molecule has 0 saturated heterocycles. The molecule has 0 bridgehead atoms. The van der Waals surface area contributed by atoms with Gasteiger partial charge in [0.1, 0.15) is 6.61 Å². The van der Waals surface area contributed by atoms with E-state index >= 15 is 0 Å². The van der Waals surface area contributed by atoms with Crippen molar-refractivity contribution in [2.24, 2.45) is 0 Å². The van der Waals surface area contributed by atoms with Gasteiger partial charge in [-0.3, -0.25) is 14.9 Å². The predicted molar refractivity (Wildman–Crippen MR) is 111 cm³/mol. The van der Waals surface area contributed by atoms with Crippen LogP contribution in [-0.4, -0.2) is 25.6 Å². The fourth-order valence-corrected chi connectivity index (χ4v) is 4.75. The van der Waals surface area contributed by atoms with Gasteiger partial charge < -0.3 is 14.4 Å². The van der Waals surface area contributed by atoms with Crippen molar-refractivity contribution >= 4 is 22.6 Å². The van der Waals surface area contributed by atoms with Crippen molar-refractivity contribution in [3.63, 3.8) is 0 Å². The quantitative estimate of drug-likeness (QED) is 0.306. The van der Waals surface area contributed by atoms with E-state index in [1.807, 2.05) is 6.92 Å². The van der Waals surface area contributed by atoms with Gasteiger partial charge in [-0.25, -0.2) is 9.78 Å². The Morgan fingerprint density at radius 1 is 1.29 bits per heavy atom. The number of esters is 1.